The predicted octanol–water partition coefficient (Wildman–Crippen LogP) is 1.99. The molecule has 0 aliphatic heterocycles. The van der Waals surface area contributed by atoms with Crippen LogP contribution in [0.3, 0.4) is 0 Å². The molecule has 0 spiro atoms. The van der Waals surface area contributed by atoms with E-state index in [-0.39, 0.29) is 18.9 Å². The van der Waals surface area contributed by atoms with Gasteiger partial charge in [-0.05, 0) is 12.5 Å². The predicted molar refractivity (Wildman–Crippen MR) is 48.4 cm³/mol. The summed E-state index contributed by atoms with van der Waals surface area (Å²) in [5.41, 5.74) is 0.953. The van der Waals surface area contributed by atoms with Crippen molar-refractivity contribution in [2.24, 2.45) is 0 Å². The zero-order valence-electron chi connectivity index (χ0n) is 7.80. The fourth-order valence-corrected chi connectivity index (χ4v) is 1.41. The number of aryl methyl sites for hydroxylation is 1. The summed E-state index contributed by atoms with van der Waals surface area (Å²) in [4.78, 5) is 7.96. The Morgan fingerprint density at radius 2 is 1.93 bits per heavy atom. The van der Waals surface area contributed by atoms with Crippen LogP contribution in [0, 0.1) is 6.92 Å². The van der Waals surface area contributed by atoms with Crippen molar-refractivity contribution in [2.75, 3.05) is 5.32 Å². The third-order valence-corrected chi connectivity index (χ3v) is 2.20. The number of hydrogen-bond donors (Lipinski definition) is 1. The number of nitrogens with zero attached hydrogens (tertiary/aromatic N) is 2. The molecule has 0 radical (unpaired) electrons. The summed E-state index contributed by atoms with van der Waals surface area (Å²) in [6, 6.07) is -0.187. The van der Waals surface area contributed by atoms with E-state index in [1.807, 2.05) is 6.92 Å². The maximum Gasteiger partial charge on any atom is 0.252 e. The number of alkyl halides is 2. The molecule has 0 saturated heterocycles. The van der Waals surface area contributed by atoms with Gasteiger partial charge >= 0.3 is 0 Å². The van der Waals surface area contributed by atoms with Crippen LogP contribution in [0.15, 0.2) is 12.4 Å². The summed E-state index contributed by atoms with van der Waals surface area (Å²) in [6.07, 6.45) is 3.08. The number of rotatable bonds is 2. The van der Waals surface area contributed by atoms with Crippen molar-refractivity contribution in [3.63, 3.8) is 0 Å². The molecule has 1 aliphatic carbocycles. The van der Waals surface area contributed by atoms with Crippen LogP contribution >= 0.6 is 0 Å². The summed E-state index contributed by atoms with van der Waals surface area (Å²) in [7, 11) is 0. The molecule has 0 atom stereocenters. The molecule has 1 saturated carbocycles. The lowest BCUT2D eigenvalue weighted by Crippen LogP contribution is -2.44. The summed E-state index contributed by atoms with van der Waals surface area (Å²) in [5, 5.41) is 2.86. The molecule has 5 heteroatoms. The van der Waals surface area contributed by atoms with Crippen LogP contribution in [-0.4, -0.2) is 21.9 Å². The topological polar surface area (TPSA) is 37.8 Å². The van der Waals surface area contributed by atoms with E-state index in [1.165, 1.54) is 0 Å². The quantitative estimate of drug-likeness (QED) is 0.791. The maximum atomic E-state index is 12.5. The van der Waals surface area contributed by atoms with E-state index in [4.69, 9.17) is 0 Å². The van der Waals surface area contributed by atoms with Gasteiger partial charge in [-0.15, -0.1) is 0 Å². The highest BCUT2D eigenvalue weighted by Crippen LogP contribution is 2.38. The Hall–Kier alpha value is -1.26. The van der Waals surface area contributed by atoms with Gasteiger partial charge in [-0.1, -0.05) is 0 Å². The van der Waals surface area contributed by atoms with Crippen molar-refractivity contribution in [3.8, 4) is 0 Å². The molecule has 2 rings (SSSR count). The van der Waals surface area contributed by atoms with Gasteiger partial charge in [0.15, 0.2) is 0 Å². The Bertz CT molecular complexity index is 315. The first-order chi connectivity index (χ1) is 6.55. The van der Waals surface area contributed by atoms with Gasteiger partial charge in [-0.25, -0.2) is 18.7 Å². The van der Waals surface area contributed by atoms with Crippen molar-refractivity contribution < 1.29 is 8.78 Å². The van der Waals surface area contributed by atoms with E-state index in [0.717, 1.165) is 5.56 Å². The second-order valence-electron chi connectivity index (χ2n) is 3.69. The smallest absolute Gasteiger partial charge is 0.252 e. The molecule has 0 aromatic carbocycles. The number of anilines is 1. The largest absolute Gasteiger partial charge is 0.351 e. The molecule has 76 valence electrons. The fraction of sp³-hybridized carbons (Fsp3) is 0.556. The van der Waals surface area contributed by atoms with Crippen molar-refractivity contribution in [1.29, 1.82) is 0 Å². The third-order valence-electron chi connectivity index (χ3n) is 2.20. The summed E-state index contributed by atoms with van der Waals surface area (Å²) in [6.45, 7) is 1.88. The summed E-state index contributed by atoms with van der Waals surface area (Å²) in [5.74, 6) is -2.07. The van der Waals surface area contributed by atoms with Crippen LogP contribution in [0.5, 0.6) is 0 Å². The van der Waals surface area contributed by atoms with Gasteiger partial charge in [0.2, 0.25) is 5.95 Å². The van der Waals surface area contributed by atoms with Crippen molar-refractivity contribution in [2.45, 2.75) is 31.7 Å². The van der Waals surface area contributed by atoms with Crippen LogP contribution in [0.2, 0.25) is 0 Å². The van der Waals surface area contributed by atoms with E-state index in [2.05, 4.69) is 15.3 Å². The highest BCUT2D eigenvalue weighted by atomic mass is 19.3. The Labute approximate surface area is 80.6 Å². The molecule has 1 N–H and O–H groups in total. The fourth-order valence-electron chi connectivity index (χ4n) is 1.41. The number of aromatic nitrogens is 2. The molecule has 1 aliphatic rings. The van der Waals surface area contributed by atoms with Crippen molar-refractivity contribution >= 4 is 5.95 Å². The zero-order chi connectivity index (χ0) is 10.2. The van der Waals surface area contributed by atoms with Gasteiger partial charge in [0.05, 0.1) is 0 Å². The zero-order valence-corrected chi connectivity index (χ0v) is 7.80. The molecule has 1 aromatic heterocycles. The van der Waals surface area contributed by atoms with E-state index in [9.17, 15) is 8.78 Å². The Morgan fingerprint density at radius 3 is 2.43 bits per heavy atom. The molecule has 3 nitrogen and oxygen atoms in total. The minimum atomic E-state index is -2.50. The minimum Gasteiger partial charge on any atom is -0.351 e. The highest BCUT2D eigenvalue weighted by Gasteiger charge is 2.45. The molecule has 0 amide bonds. The van der Waals surface area contributed by atoms with E-state index >= 15 is 0 Å². The van der Waals surface area contributed by atoms with Gasteiger partial charge in [0, 0.05) is 31.3 Å². The van der Waals surface area contributed by atoms with Gasteiger partial charge in [0.1, 0.15) is 0 Å². The third kappa shape index (κ3) is 1.97. The van der Waals surface area contributed by atoms with Crippen LogP contribution in [0.4, 0.5) is 14.7 Å². The molecule has 14 heavy (non-hydrogen) atoms. The summed E-state index contributed by atoms with van der Waals surface area (Å²) >= 11 is 0. The Kier molecular flexibility index (Phi) is 2.09. The Balaban J connectivity index is 1.90. The second-order valence-corrected chi connectivity index (χ2v) is 3.69. The van der Waals surface area contributed by atoms with Crippen molar-refractivity contribution in [3.05, 3.63) is 18.0 Å². The molecular formula is C9H11F2N3. The van der Waals surface area contributed by atoms with E-state index < -0.39 is 5.92 Å². The monoisotopic (exact) mass is 199 g/mol. The average Bonchev–Trinajstić information content (AvgIpc) is 2.06. The van der Waals surface area contributed by atoms with Crippen LogP contribution in [0.25, 0.3) is 0 Å². The van der Waals surface area contributed by atoms with Crippen LogP contribution < -0.4 is 5.32 Å². The first-order valence-corrected chi connectivity index (χ1v) is 4.48. The lowest BCUT2D eigenvalue weighted by molar-refractivity contribution is -0.0794. The van der Waals surface area contributed by atoms with Gasteiger partial charge in [-0.3, -0.25) is 0 Å². The molecule has 0 unspecified atom stereocenters. The molecular weight excluding hydrogens is 188 g/mol. The lowest BCUT2D eigenvalue weighted by Gasteiger charge is -2.35. The maximum absolute atomic E-state index is 12.5. The average molecular weight is 199 g/mol. The van der Waals surface area contributed by atoms with Gasteiger partial charge in [-0.2, -0.15) is 0 Å². The number of nitrogens with one attached hydrogen (secondary N) is 1. The van der Waals surface area contributed by atoms with Crippen LogP contribution in [0.1, 0.15) is 18.4 Å². The Morgan fingerprint density at radius 1 is 1.36 bits per heavy atom. The van der Waals surface area contributed by atoms with E-state index in [1.54, 1.807) is 12.4 Å². The van der Waals surface area contributed by atoms with E-state index in [0.29, 0.717) is 5.95 Å². The highest BCUT2D eigenvalue weighted by molar-refractivity contribution is 5.27. The van der Waals surface area contributed by atoms with Crippen LogP contribution in [-0.2, 0) is 0 Å². The normalized spacial score (nSPS) is 20.2. The lowest BCUT2D eigenvalue weighted by atomic mass is 9.88. The molecule has 1 heterocycles. The molecule has 1 aromatic rings. The second kappa shape index (κ2) is 3.15. The standard InChI is InChI=1S/C9H11F2N3/c1-6-4-12-8(13-5-6)14-7-2-9(10,11)3-7/h4-5,7H,2-3H2,1H3,(H,12,13,14). The summed E-state index contributed by atoms with van der Waals surface area (Å²) < 4.78 is 24.9. The van der Waals surface area contributed by atoms with Gasteiger partial charge in [0.25, 0.3) is 5.92 Å². The first kappa shape index (κ1) is 9.30. The first-order valence-electron chi connectivity index (χ1n) is 4.48. The SMILES string of the molecule is Cc1cnc(NC2CC(F)(F)C2)nc1. The molecule has 0 bridgehead atoms. The van der Waals surface area contributed by atoms with Gasteiger partial charge < -0.3 is 5.32 Å². The minimum absolute atomic E-state index is 0.121. The number of hydrogen-bond acceptors (Lipinski definition) is 3. The molecule has 1 fully saturated rings. The van der Waals surface area contributed by atoms with Crippen molar-refractivity contribution in [1.82, 2.24) is 9.97 Å². The number of halogens is 2.